The molecule has 0 saturated heterocycles. The fourth-order valence-electron chi connectivity index (χ4n) is 1.68. The van der Waals surface area contributed by atoms with E-state index >= 15 is 0 Å². The van der Waals surface area contributed by atoms with Crippen molar-refractivity contribution in [3.8, 4) is 5.75 Å². The molecule has 12 heavy (non-hydrogen) atoms. The van der Waals surface area contributed by atoms with Crippen LogP contribution in [0.1, 0.15) is 11.1 Å². The van der Waals surface area contributed by atoms with E-state index in [4.69, 9.17) is 4.74 Å². The number of hydrogen-bond donors (Lipinski definition) is 1. The maximum atomic E-state index is 5.17. The number of benzene rings is 1. The van der Waals surface area contributed by atoms with Crippen molar-refractivity contribution in [2.24, 2.45) is 0 Å². The number of methoxy groups -OCH3 is 1. The lowest BCUT2D eigenvalue weighted by Crippen LogP contribution is -2.84. The summed E-state index contributed by atoms with van der Waals surface area (Å²) in [4.78, 5) is 0. The van der Waals surface area contributed by atoms with Gasteiger partial charge in [-0.2, -0.15) is 0 Å². The second kappa shape index (κ2) is 3.15. The van der Waals surface area contributed by atoms with Crippen molar-refractivity contribution in [3.05, 3.63) is 29.3 Å². The minimum atomic E-state index is 0.976. The summed E-state index contributed by atoms with van der Waals surface area (Å²) in [6, 6.07) is 6.37. The molecule has 0 fully saturated rings. The Hall–Kier alpha value is -1.02. The topological polar surface area (TPSA) is 25.8 Å². The lowest BCUT2D eigenvalue weighted by molar-refractivity contribution is -0.673. The van der Waals surface area contributed by atoms with Crippen molar-refractivity contribution in [2.45, 2.75) is 13.0 Å². The summed E-state index contributed by atoms with van der Waals surface area (Å²) in [6.45, 7) is 2.33. The van der Waals surface area contributed by atoms with Crippen LogP contribution < -0.4 is 10.1 Å². The molecule has 2 rings (SSSR count). The minimum absolute atomic E-state index is 0.976. The highest BCUT2D eigenvalue weighted by molar-refractivity contribution is 5.35. The Kier molecular flexibility index (Phi) is 2.00. The third-order valence-electron chi connectivity index (χ3n) is 2.40. The fraction of sp³-hybridized carbons (Fsp3) is 0.400. The summed E-state index contributed by atoms with van der Waals surface area (Å²) < 4.78 is 5.17. The molecule has 0 bridgehead atoms. The third kappa shape index (κ3) is 1.30. The lowest BCUT2D eigenvalue weighted by atomic mass is 10.0. The summed E-state index contributed by atoms with van der Waals surface area (Å²) in [6.07, 6.45) is 1.19. The number of rotatable bonds is 1. The molecule has 1 aromatic rings. The predicted molar refractivity (Wildman–Crippen MR) is 47.2 cm³/mol. The Labute approximate surface area is 72.5 Å². The molecule has 0 spiro atoms. The van der Waals surface area contributed by atoms with Gasteiger partial charge in [-0.1, -0.05) is 6.07 Å². The molecule has 1 aliphatic heterocycles. The van der Waals surface area contributed by atoms with Crippen LogP contribution in [-0.2, 0) is 13.0 Å². The first-order valence-corrected chi connectivity index (χ1v) is 4.37. The Morgan fingerprint density at radius 1 is 1.33 bits per heavy atom. The molecule has 1 heterocycles. The van der Waals surface area contributed by atoms with E-state index < -0.39 is 0 Å². The zero-order valence-corrected chi connectivity index (χ0v) is 7.34. The molecule has 0 unspecified atom stereocenters. The maximum absolute atomic E-state index is 5.17. The molecule has 1 aromatic carbocycles. The lowest BCUT2D eigenvalue weighted by Gasteiger charge is -2.14. The Bertz CT molecular complexity index is 283. The molecule has 0 aromatic heterocycles. The first-order chi connectivity index (χ1) is 5.90. The third-order valence-corrected chi connectivity index (χ3v) is 2.40. The van der Waals surface area contributed by atoms with Crippen molar-refractivity contribution in [2.75, 3.05) is 13.7 Å². The van der Waals surface area contributed by atoms with Crippen LogP contribution in [0.25, 0.3) is 0 Å². The van der Waals surface area contributed by atoms with Crippen LogP contribution in [0.4, 0.5) is 0 Å². The van der Waals surface area contributed by atoms with Crippen LogP contribution in [0, 0.1) is 0 Å². The average Bonchev–Trinajstić information content (AvgIpc) is 2.17. The van der Waals surface area contributed by atoms with Gasteiger partial charge in [-0.05, 0) is 17.7 Å². The number of ether oxygens (including phenoxy) is 1. The van der Waals surface area contributed by atoms with Crippen LogP contribution in [-0.4, -0.2) is 13.7 Å². The van der Waals surface area contributed by atoms with Crippen molar-refractivity contribution in [3.63, 3.8) is 0 Å². The van der Waals surface area contributed by atoms with Gasteiger partial charge < -0.3 is 10.1 Å². The van der Waals surface area contributed by atoms with Gasteiger partial charge in [0.1, 0.15) is 12.3 Å². The van der Waals surface area contributed by atoms with Crippen LogP contribution in [0.2, 0.25) is 0 Å². The van der Waals surface area contributed by atoms with Crippen LogP contribution in [0.15, 0.2) is 18.2 Å². The molecule has 1 aliphatic rings. The minimum Gasteiger partial charge on any atom is -0.497 e. The fourth-order valence-corrected chi connectivity index (χ4v) is 1.68. The van der Waals surface area contributed by atoms with Crippen molar-refractivity contribution < 1.29 is 10.1 Å². The molecule has 0 amide bonds. The van der Waals surface area contributed by atoms with E-state index in [-0.39, 0.29) is 0 Å². The SMILES string of the molecule is COc1ccc2c(c1)C[NH2+]CC2. The smallest absolute Gasteiger partial charge is 0.119 e. The van der Waals surface area contributed by atoms with Gasteiger partial charge in [0.15, 0.2) is 0 Å². The van der Waals surface area contributed by atoms with Crippen molar-refractivity contribution >= 4 is 0 Å². The van der Waals surface area contributed by atoms with Gasteiger partial charge >= 0.3 is 0 Å². The Morgan fingerprint density at radius 2 is 2.25 bits per heavy atom. The van der Waals surface area contributed by atoms with Gasteiger partial charge in [-0.25, -0.2) is 0 Å². The maximum Gasteiger partial charge on any atom is 0.119 e. The van der Waals surface area contributed by atoms with E-state index in [2.05, 4.69) is 17.4 Å². The van der Waals surface area contributed by atoms with E-state index in [9.17, 15) is 0 Å². The molecule has 2 nitrogen and oxygen atoms in total. The van der Waals surface area contributed by atoms with E-state index in [1.165, 1.54) is 24.1 Å². The molecule has 0 aliphatic carbocycles. The molecule has 2 N–H and O–H groups in total. The summed E-state index contributed by atoms with van der Waals surface area (Å²) in [5.41, 5.74) is 2.92. The molecular formula is C10H14NO+. The Morgan fingerprint density at radius 3 is 3.08 bits per heavy atom. The summed E-state index contributed by atoms with van der Waals surface area (Å²) in [7, 11) is 1.72. The molecular weight excluding hydrogens is 150 g/mol. The second-order valence-electron chi connectivity index (χ2n) is 3.17. The van der Waals surface area contributed by atoms with Gasteiger partial charge in [0.2, 0.25) is 0 Å². The van der Waals surface area contributed by atoms with Crippen LogP contribution in [0.5, 0.6) is 5.75 Å². The highest BCUT2D eigenvalue weighted by Crippen LogP contribution is 2.18. The van der Waals surface area contributed by atoms with Crippen molar-refractivity contribution in [1.82, 2.24) is 0 Å². The van der Waals surface area contributed by atoms with Gasteiger partial charge in [-0.3, -0.25) is 0 Å². The van der Waals surface area contributed by atoms with Crippen LogP contribution >= 0.6 is 0 Å². The largest absolute Gasteiger partial charge is 0.497 e. The quantitative estimate of drug-likeness (QED) is 0.635. The second-order valence-corrected chi connectivity index (χ2v) is 3.17. The molecule has 0 radical (unpaired) electrons. The van der Waals surface area contributed by atoms with E-state index in [0.29, 0.717) is 0 Å². The van der Waals surface area contributed by atoms with E-state index in [1.54, 1.807) is 7.11 Å². The number of quaternary nitrogens is 1. The first kappa shape index (κ1) is 7.62. The highest BCUT2D eigenvalue weighted by atomic mass is 16.5. The predicted octanol–water partition coefficient (Wildman–Crippen LogP) is 0.315. The normalized spacial score (nSPS) is 15.4. The van der Waals surface area contributed by atoms with Crippen LogP contribution in [0.3, 0.4) is 0 Å². The standard InChI is InChI=1S/C10H13NO/c1-12-10-3-2-8-4-5-11-7-9(8)6-10/h2-3,6,11H,4-5,7H2,1H3/p+1. The molecule has 0 saturated carbocycles. The Balaban J connectivity index is 2.36. The number of hydrogen-bond acceptors (Lipinski definition) is 1. The number of nitrogens with two attached hydrogens (primary N) is 1. The highest BCUT2D eigenvalue weighted by Gasteiger charge is 2.11. The average molecular weight is 164 g/mol. The van der Waals surface area contributed by atoms with E-state index in [0.717, 1.165) is 12.3 Å². The van der Waals surface area contributed by atoms with Crippen molar-refractivity contribution in [1.29, 1.82) is 0 Å². The van der Waals surface area contributed by atoms with Gasteiger partial charge in [0, 0.05) is 12.0 Å². The van der Waals surface area contributed by atoms with Gasteiger partial charge in [0.25, 0.3) is 0 Å². The van der Waals surface area contributed by atoms with E-state index in [1.807, 2.05) is 6.07 Å². The molecule has 64 valence electrons. The molecule has 0 atom stereocenters. The zero-order valence-electron chi connectivity index (χ0n) is 7.34. The summed E-state index contributed by atoms with van der Waals surface area (Å²) in [5.74, 6) is 0.976. The van der Waals surface area contributed by atoms with Gasteiger partial charge in [0.05, 0.1) is 13.7 Å². The summed E-state index contributed by atoms with van der Waals surface area (Å²) >= 11 is 0. The number of fused-ring (bicyclic) bond motifs is 1. The van der Waals surface area contributed by atoms with Gasteiger partial charge in [-0.15, -0.1) is 0 Å². The monoisotopic (exact) mass is 164 g/mol. The first-order valence-electron chi connectivity index (χ1n) is 4.37. The zero-order chi connectivity index (χ0) is 8.39. The summed E-state index contributed by atoms with van der Waals surface area (Å²) in [5, 5.41) is 2.34. The molecule has 2 heteroatoms.